The second-order valence-corrected chi connectivity index (χ2v) is 9.27. The van der Waals surface area contributed by atoms with E-state index in [1.165, 1.54) is 11.1 Å². The maximum atomic E-state index is 13.0. The molecule has 1 heterocycles. The summed E-state index contributed by atoms with van der Waals surface area (Å²) in [4.78, 5) is 13.0. The van der Waals surface area contributed by atoms with Gasteiger partial charge in [0.1, 0.15) is 11.5 Å². The van der Waals surface area contributed by atoms with Crippen molar-refractivity contribution in [2.24, 2.45) is 5.73 Å². The SMILES string of the molecule is NCCc1cccc(OCCC2Oc3ccccc3C(CCc3cccc(Cl)c3)CCC2=O)c1. The van der Waals surface area contributed by atoms with Gasteiger partial charge in [-0.05, 0) is 85.2 Å². The first kappa shape index (κ1) is 24.3. The second-order valence-electron chi connectivity index (χ2n) is 8.84. The number of Topliss-reactive ketones (excluding diaryl/α,β-unsaturated/α-hetero) is 1. The van der Waals surface area contributed by atoms with Gasteiger partial charge in [0.15, 0.2) is 11.9 Å². The van der Waals surface area contributed by atoms with E-state index in [1.54, 1.807) is 0 Å². The van der Waals surface area contributed by atoms with Crippen LogP contribution in [0.3, 0.4) is 0 Å². The predicted molar refractivity (Wildman–Crippen MR) is 137 cm³/mol. The van der Waals surface area contributed by atoms with Crippen LogP contribution in [0.1, 0.15) is 48.3 Å². The van der Waals surface area contributed by atoms with Crippen LogP contribution < -0.4 is 15.2 Å². The Morgan fingerprint density at radius 2 is 1.74 bits per heavy atom. The Balaban J connectivity index is 1.40. The molecule has 178 valence electrons. The van der Waals surface area contributed by atoms with Gasteiger partial charge < -0.3 is 15.2 Å². The van der Waals surface area contributed by atoms with Gasteiger partial charge in [0, 0.05) is 17.9 Å². The first-order valence-corrected chi connectivity index (χ1v) is 12.4. The Kier molecular flexibility index (Phi) is 8.62. The summed E-state index contributed by atoms with van der Waals surface area (Å²) in [5.74, 6) is 2.01. The van der Waals surface area contributed by atoms with Crippen molar-refractivity contribution >= 4 is 17.4 Å². The summed E-state index contributed by atoms with van der Waals surface area (Å²) in [6.07, 6.45) is 4.01. The predicted octanol–water partition coefficient (Wildman–Crippen LogP) is 6.14. The van der Waals surface area contributed by atoms with Crippen molar-refractivity contribution in [3.63, 3.8) is 0 Å². The highest BCUT2D eigenvalue weighted by Gasteiger charge is 2.28. The zero-order chi connectivity index (χ0) is 23.8. The first-order valence-electron chi connectivity index (χ1n) is 12.1. The molecule has 34 heavy (non-hydrogen) atoms. The van der Waals surface area contributed by atoms with Crippen LogP contribution in [-0.4, -0.2) is 25.0 Å². The number of hydrogen-bond acceptors (Lipinski definition) is 4. The van der Waals surface area contributed by atoms with E-state index in [0.717, 1.165) is 47.8 Å². The molecule has 0 radical (unpaired) electrons. The lowest BCUT2D eigenvalue weighted by Gasteiger charge is -2.27. The normalized spacial score (nSPS) is 17.9. The molecule has 0 fully saturated rings. The van der Waals surface area contributed by atoms with Crippen LogP contribution in [0.5, 0.6) is 11.5 Å². The molecule has 4 rings (SSSR count). The highest BCUT2D eigenvalue weighted by atomic mass is 35.5. The lowest BCUT2D eigenvalue weighted by Crippen LogP contribution is -2.31. The standard InChI is InChI=1S/C29H32ClNO3/c30-24-7-3-5-21(19-24)11-12-23-13-14-27(32)29(34-28-10-2-1-9-26(23)28)16-18-33-25-8-4-6-22(20-25)15-17-31/h1-10,19-20,23,29H,11-18,31H2. The summed E-state index contributed by atoms with van der Waals surface area (Å²) in [5.41, 5.74) is 9.19. The molecule has 0 aromatic heterocycles. The monoisotopic (exact) mass is 477 g/mol. The van der Waals surface area contributed by atoms with Crippen LogP contribution in [0.15, 0.2) is 72.8 Å². The van der Waals surface area contributed by atoms with Crippen LogP contribution in [0.25, 0.3) is 0 Å². The van der Waals surface area contributed by atoms with Crippen LogP contribution in [-0.2, 0) is 17.6 Å². The minimum Gasteiger partial charge on any atom is -0.493 e. The highest BCUT2D eigenvalue weighted by Crippen LogP contribution is 2.36. The number of benzene rings is 3. The Morgan fingerprint density at radius 3 is 2.56 bits per heavy atom. The molecule has 2 atom stereocenters. The molecule has 0 spiro atoms. The summed E-state index contributed by atoms with van der Waals surface area (Å²) in [5, 5.41) is 0.755. The van der Waals surface area contributed by atoms with Crippen molar-refractivity contribution in [1.82, 2.24) is 0 Å². The summed E-state index contributed by atoms with van der Waals surface area (Å²) >= 11 is 6.15. The highest BCUT2D eigenvalue weighted by molar-refractivity contribution is 6.30. The summed E-state index contributed by atoms with van der Waals surface area (Å²) in [7, 11) is 0. The average Bonchev–Trinajstić information content (AvgIpc) is 2.83. The number of carbonyl (C=O) groups is 1. The van der Waals surface area contributed by atoms with Gasteiger partial charge >= 0.3 is 0 Å². The van der Waals surface area contributed by atoms with Crippen molar-refractivity contribution in [3.05, 3.63) is 94.5 Å². The van der Waals surface area contributed by atoms with Crippen molar-refractivity contribution in [2.45, 2.75) is 50.5 Å². The molecular weight excluding hydrogens is 446 g/mol. The minimum atomic E-state index is -0.498. The first-order chi connectivity index (χ1) is 16.6. The number of halogens is 1. The number of fused-ring (bicyclic) bond motifs is 1. The molecule has 5 heteroatoms. The van der Waals surface area contributed by atoms with E-state index in [9.17, 15) is 4.79 Å². The summed E-state index contributed by atoms with van der Waals surface area (Å²) in [6.45, 7) is 1.02. The minimum absolute atomic E-state index is 0.141. The Bertz CT molecular complexity index is 1100. The molecule has 0 amide bonds. The van der Waals surface area contributed by atoms with E-state index < -0.39 is 6.10 Å². The fourth-order valence-electron chi connectivity index (χ4n) is 4.57. The van der Waals surface area contributed by atoms with Gasteiger partial charge in [-0.2, -0.15) is 0 Å². The van der Waals surface area contributed by atoms with Crippen LogP contribution in [0.4, 0.5) is 0 Å². The number of ketones is 1. The number of para-hydroxylation sites is 1. The maximum absolute atomic E-state index is 13.0. The maximum Gasteiger partial charge on any atom is 0.173 e. The largest absolute Gasteiger partial charge is 0.493 e. The fourth-order valence-corrected chi connectivity index (χ4v) is 4.78. The van der Waals surface area contributed by atoms with Crippen LogP contribution in [0.2, 0.25) is 5.02 Å². The van der Waals surface area contributed by atoms with Crippen molar-refractivity contribution in [3.8, 4) is 11.5 Å². The molecule has 3 aromatic carbocycles. The van der Waals surface area contributed by atoms with Gasteiger partial charge in [-0.3, -0.25) is 4.79 Å². The molecule has 0 saturated heterocycles. The molecule has 0 aliphatic carbocycles. The average molecular weight is 478 g/mol. The summed E-state index contributed by atoms with van der Waals surface area (Å²) in [6, 6.07) is 24.1. The fraction of sp³-hybridized carbons (Fsp3) is 0.345. The van der Waals surface area contributed by atoms with E-state index in [2.05, 4.69) is 12.1 Å². The number of nitrogens with two attached hydrogens (primary N) is 1. The van der Waals surface area contributed by atoms with Gasteiger partial charge in [-0.15, -0.1) is 0 Å². The Labute approximate surface area is 207 Å². The third-order valence-corrected chi connectivity index (χ3v) is 6.61. The van der Waals surface area contributed by atoms with Crippen molar-refractivity contribution < 1.29 is 14.3 Å². The van der Waals surface area contributed by atoms with Gasteiger partial charge in [-0.25, -0.2) is 0 Å². The van der Waals surface area contributed by atoms with Crippen molar-refractivity contribution in [1.29, 1.82) is 0 Å². The van der Waals surface area contributed by atoms with E-state index in [-0.39, 0.29) is 11.7 Å². The van der Waals surface area contributed by atoms with Gasteiger partial charge in [0.2, 0.25) is 0 Å². The topological polar surface area (TPSA) is 61.6 Å². The molecule has 2 N–H and O–H groups in total. The number of ether oxygens (including phenoxy) is 2. The third-order valence-electron chi connectivity index (χ3n) is 6.38. The Morgan fingerprint density at radius 1 is 0.941 bits per heavy atom. The quantitative estimate of drug-likeness (QED) is 0.402. The second kappa shape index (κ2) is 12.0. The molecule has 2 unspecified atom stereocenters. The zero-order valence-corrected chi connectivity index (χ0v) is 20.2. The number of carbonyl (C=O) groups excluding carboxylic acids is 1. The lowest BCUT2D eigenvalue weighted by molar-refractivity contribution is -0.126. The molecule has 3 aromatic rings. The van der Waals surface area contributed by atoms with E-state index in [0.29, 0.717) is 26.0 Å². The Hall–Kier alpha value is -2.82. The number of aryl methyl sites for hydroxylation is 1. The molecule has 0 bridgehead atoms. The molecule has 1 aliphatic heterocycles. The van der Waals surface area contributed by atoms with Gasteiger partial charge in [-0.1, -0.05) is 54.1 Å². The van der Waals surface area contributed by atoms with E-state index in [1.807, 2.05) is 60.7 Å². The van der Waals surface area contributed by atoms with Crippen molar-refractivity contribution in [2.75, 3.05) is 13.2 Å². The van der Waals surface area contributed by atoms with Crippen LogP contribution in [0, 0.1) is 0 Å². The molecular formula is C29H32ClNO3. The van der Waals surface area contributed by atoms with Gasteiger partial charge in [0.05, 0.1) is 6.61 Å². The zero-order valence-electron chi connectivity index (χ0n) is 19.4. The lowest BCUT2D eigenvalue weighted by atomic mass is 9.85. The van der Waals surface area contributed by atoms with Crippen LogP contribution >= 0.6 is 11.6 Å². The third kappa shape index (κ3) is 6.62. The smallest absolute Gasteiger partial charge is 0.173 e. The summed E-state index contributed by atoms with van der Waals surface area (Å²) < 4.78 is 12.2. The molecule has 0 saturated carbocycles. The van der Waals surface area contributed by atoms with E-state index >= 15 is 0 Å². The molecule has 1 aliphatic rings. The van der Waals surface area contributed by atoms with E-state index in [4.69, 9.17) is 26.8 Å². The van der Waals surface area contributed by atoms with Gasteiger partial charge in [0.25, 0.3) is 0 Å². The molecule has 4 nitrogen and oxygen atoms in total. The number of rotatable bonds is 9. The number of hydrogen-bond donors (Lipinski definition) is 1.